The van der Waals surface area contributed by atoms with E-state index in [1.54, 1.807) is 0 Å². The highest BCUT2D eigenvalue weighted by Crippen LogP contribution is 2.49. The molecule has 0 saturated carbocycles. The number of carbonyl (C=O) groups excluding carboxylic acids is 3. The van der Waals surface area contributed by atoms with Gasteiger partial charge in [0.1, 0.15) is 6.04 Å². The van der Waals surface area contributed by atoms with Crippen molar-refractivity contribution in [1.82, 2.24) is 0 Å². The van der Waals surface area contributed by atoms with Crippen LogP contribution in [0.25, 0.3) is 6.08 Å². The largest absolute Gasteiger partial charge is 0.353 e. The predicted octanol–water partition coefficient (Wildman–Crippen LogP) is 3.28. The Morgan fingerprint density at radius 3 is 2.24 bits per heavy atom. The fourth-order valence-corrected chi connectivity index (χ4v) is 5.35. The van der Waals surface area contributed by atoms with E-state index < -0.39 is 17.9 Å². The van der Waals surface area contributed by atoms with Gasteiger partial charge in [0.05, 0.1) is 23.6 Å². The third-order valence-electron chi connectivity index (χ3n) is 6.49. The van der Waals surface area contributed by atoms with Crippen molar-refractivity contribution in [2.24, 2.45) is 11.8 Å². The van der Waals surface area contributed by atoms with Crippen molar-refractivity contribution in [3.8, 4) is 0 Å². The molecule has 3 heterocycles. The van der Waals surface area contributed by atoms with Crippen molar-refractivity contribution in [3.05, 3.63) is 65.2 Å². The quantitative estimate of drug-likeness (QED) is 0.744. The average Bonchev–Trinajstić information content (AvgIpc) is 3.17. The molecule has 3 aliphatic heterocycles. The molecule has 0 spiro atoms. The summed E-state index contributed by atoms with van der Waals surface area (Å²) in [5.74, 6) is -1.78. The molecule has 0 aliphatic carbocycles. The number of aryl methyl sites for hydroxylation is 2. The molecule has 2 amide bonds. The van der Waals surface area contributed by atoms with Gasteiger partial charge in [-0.25, -0.2) is 4.90 Å². The number of amides is 2. The van der Waals surface area contributed by atoms with Gasteiger partial charge >= 0.3 is 0 Å². The number of Topliss-reactive ketones (excluding diaryl/α,β-unsaturated/α-hetero) is 1. The second-order valence-corrected chi connectivity index (χ2v) is 8.18. The molecule has 2 fully saturated rings. The highest BCUT2D eigenvalue weighted by Gasteiger charge is 2.63. The fourth-order valence-electron chi connectivity index (χ4n) is 5.35. The number of fused-ring (bicyclic) bond motifs is 5. The van der Waals surface area contributed by atoms with E-state index >= 15 is 0 Å². The zero-order chi connectivity index (χ0) is 20.4. The third kappa shape index (κ3) is 2.30. The lowest BCUT2D eigenvalue weighted by Gasteiger charge is -2.36. The molecule has 0 N–H and O–H groups in total. The molecule has 5 heteroatoms. The molecule has 4 atom stereocenters. The van der Waals surface area contributed by atoms with Gasteiger partial charge in [0.15, 0.2) is 5.78 Å². The number of para-hydroxylation sites is 2. The van der Waals surface area contributed by atoms with Crippen molar-refractivity contribution in [2.75, 3.05) is 9.80 Å². The van der Waals surface area contributed by atoms with E-state index in [-0.39, 0.29) is 23.6 Å². The number of hydrogen-bond donors (Lipinski definition) is 0. The Labute approximate surface area is 169 Å². The van der Waals surface area contributed by atoms with Crippen molar-refractivity contribution in [1.29, 1.82) is 0 Å². The van der Waals surface area contributed by atoms with Crippen LogP contribution in [0.5, 0.6) is 0 Å². The zero-order valence-corrected chi connectivity index (χ0v) is 16.6. The summed E-state index contributed by atoms with van der Waals surface area (Å²) in [6.07, 6.45) is 3.97. The topological polar surface area (TPSA) is 57.7 Å². The van der Waals surface area contributed by atoms with Crippen LogP contribution in [-0.4, -0.2) is 29.7 Å². The first-order valence-electron chi connectivity index (χ1n) is 9.92. The van der Waals surface area contributed by atoms with Gasteiger partial charge in [-0.1, -0.05) is 48.6 Å². The molecular formula is C24H22N2O3. The summed E-state index contributed by atoms with van der Waals surface area (Å²) in [5.41, 5.74) is 4.33. The van der Waals surface area contributed by atoms with Crippen LogP contribution in [0.1, 0.15) is 23.6 Å². The van der Waals surface area contributed by atoms with Gasteiger partial charge in [-0.05, 0) is 43.5 Å². The summed E-state index contributed by atoms with van der Waals surface area (Å²) in [6.45, 7) is 5.33. The van der Waals surface area contributed by atoms with E-state index in [0.717, 1.165) is 22.4 Å². The Balaban J connectivity index is 1.66. The summed E-state index contributed by atoms with van der Waals surface area (Å²) in [4.78, 5) is 43.2. The molecule has 29 heavy (non-hydrogen) atoms. The Morgan fingerprint density at radius 2 is 1.55 bits per heavy atom. The minimum atomic E-state index is -0.667. The fraction of sp³-hybridized carbons (Fsp3) is 0.292. The number of hydrogen-bond acceptors (Lipinski definition) is 4. The van der Waals surface area contributed by atoms with Gasteiger partial charge in [-0.15, -0.1) is 0 Å². The first-order valence-corrected chi connectivity index (χ1v) is 9.92. The first-order chi connectivity index (χ1) is 13.9. The number of benzene rings is 2. The van der Waals surface area contributed by atoms with Gasteiger partial charge in [-0.2, -0.15) is 0 Å². The zero-order valence-electron chi connectivity index (χ0n) is 16.6. The molecule has 5 nitrogen and oxygen atoms in total. The Morgan fingerprint density at radius 1 is 0.897 bits per heavy atom. The number of anilines is 2. The monoisotopic (exact) mass is 386 g/mol. The maximum Gasteiger partial charge on any atom is 0.240 e. The molecule has 0 unspecified atom stereocenters. The molecule has 2 saturated heterocycles. The average molecular weight is 386 g/mol. The number of imide groups is 1. The van der Waals surface area contributed by atoms with Crippen LogP contribution in [0.2, 0.25) is 0 Å². The maximum absolute atomic E-state index is 13.6. The standard InChI is InChI=1S/C24H22N2O3/c1-13-7-6-8-14(2)21(13)26-23(28)19-18-12-11-16-9-4-5-10-17(16)25(18)22(15(3)27)20(19)24(26)29/h4-12,18-20,22H,1-3H3/t18-,19-,20-,22-/m1/s1. The molecule has 146 valence electrons. The SMILES string of the molecule is CC(=O)[C@@H]1[C@@H]2C(=O)N(c3c(C)cccc3C)C(=O)[C@@H]2[C@H]2C=Cc3ccccc3N21. The van der Waals surface area contributed by atoms with Crippen LogP contribution in [0, 0.1) is 25.7 Å². The van der Waals surface area contributed by atoms with Crippen molar-refractivity contribution < 1.29 is 14.4 Å². The summed E-state index contributed by atoms with van der Waals surface area (Å²) in [6, 6.07) is 12.6. The summed E-state index contributed by atoms with van der Waals surface area (Å²) < 4.78 is 0. The smallest absolute Gasteiger partial charge is 0.240 e. The molecule has 0 bridgehead atoms. The van der Waals surface area contributed by atoms with E-state index in [0.29, 0.717) is 5.69 Å². The Kier molecular flexibility index (Phi) is 3.78. The van der Waals surface area contributed by atoms with E-state index in [2.05, 4.69) is 0 Å². The van der Waals surface area contributed by atoms with E-state index in [1.807, 2.05) is 73.4 Å². The molecule has 0 aromatic heterocycles. The minimum Gasteiger partial charge on any atom is -0.353 e. The van der Waals surface area contributed by atoms with Crippen LogP contribution in [-0.2, 0) is 14.4 Å². The number of ketones is 1. The number of carbonyl (C=O) groups is 3. The van der Waals surface area contributed by atoms with Gasteiger partial charge in [0.2, 0.25) is 11.8 Å². The normalized spacial score (nSPS) is 27.1. The lowest BCUT2D eigenvalue weighted by molar-refractivity contribution is -0.126. The highest BCUT2D eigenvalue weighted by atomic mass is 16.2. The number of nitrogens with zero attached hydrogens (tertiary/aromatic N) is 2. The van der Waals surface area contributed by atoms with Crippen LogP contribution >= 0.6 is 0 Å². The van der Waals surface area contributed by atoms with Crippen LogP contribution in [0.3, 0.4) is 0 Å². The minimum absolute atomic E-state index is 0.0860. The van der Waals surface area contributed by atoms with E-state index in [4.69, 9.17) is 0 Å². The molecule has 0 radical (unpaired) electrons. The molecular weight excluding hydrogens is 364 g/mol. The summed E-state index contributed by atoms with van der Waals surface area (Å²) in [5, 5.41) is 0. The van der Waals surface area contributed by atoms with Crippen molar-refractivity contribution in [3.63, 3.8) is 0 Å². The van der Waals surface area contributed by atoms with Crippen molar-refractivity contribution in [2.45, 2.75) is 32.9 Å². The second kappa shape index (κ2) is 6.14. The molecule has 5 rings (SSSR count). The van der Waals surface area contributed by atoms with Crippen LogP contribution < -0.4 is 9.80 Å². The third-order valence-corrected chi connectivity index (χ3v) is 6.49. The second-order valence-electron chi connectivity index (χ2n) is 8.18. The Hall–Kier alpha value is -3.21. The molecule has 3 aliphatic rings. The first kappa shape index (κ1) is 17.9. The maximum atomic E-state index is 13.6. The van der Waals surface area contributed by atoms with E-state index in [1.165, 1.54) is 11.8 Å². The van der Waals surface area contributed by atoms with Gasteiger partial charge in [0.25, 0.3) is 0 Å². The molecule has 2 aromatic rings. The van der Waals surface area contributed by atoms with Gasteiger partial charge in [0, 0.05) is 5.69 Å². The lowest BCUT2D eigenvalue weighted by atomic mass is 9.88. The predicted molar refractivity (Wildman–Crippen MR) is 112 cm³/mol. The Bertz CT molecular complexity index is 1080. The molecule has 2 aromatic carbocycles. The number of rotatable bonds is 2. The van der Waals surface area contributed by atoms with E-state index in [9.17, 15) is 14.4 Å². The lowest BCUT2D eigenvalue weighted by Crippen LogP contribution is -2.48. The highest BCUT2D eigenvalue weighted by molar-refractivity contribution is 6.25. The summed E-state index contributed by atoms with van der Waals surface area (Å²) in [7, 11) is 0. The van der Waals surface area contributed by atoms with Crippen LogP contribution in [0.15, 0.2) is 48.5 Å². The van der Waals surface area contributed by atoms with Gasteiger partial charge < -0.3 is 4.90 Å². The summed E-state index contributed by atoms with van der Waals surface area (Å²) >= 11 is 0. The van der Waals surface area contributed by atoms with Crippen LogP contribution in [0.4, 0.5) is 11.4 Å². The van der Waals surface area contributed by atoms with Crippen molar-refractivity contribution >= 4 is 35.0 Å². The van der Waals surface area contributed by atoms with Gasteiger partial charge in [-0.3, -0.25) is 14.4 Å².